The summed E-state index contributed by atoms with van der Waals surface area (Å²) in [5.41, 5.74) is 1.75. The topological polar surface area (TPSA) is 67.9 Å². The van der Waals surface area contributed by atoms with Crippen LogP contribution in [0.15, 0.2) is 42.5 Å². The van der Waals surface area contributed by atoms with Gasteiger partial charge in [-0.05, 0) is 41.8 Å². The Morgan fingerprint density at radius 1 is 1.00 bits per heavy atom. The molecule has 28 heavy (non-hydrogen) atoms. The van der Waals surface area contributed by atoms with Crippen molar-refractivity contribution < 1.29 is 23.5 Å². The molecule has 0 bridgehead atoms. The first-order chi connectivity index (χ1) is 13.4. The van der Waals surface area contributed by atoms with Crippen LogP contribution in [-0.2, 0) is 22.6 Å². The van der Waals surface area contributed by atoms with Crippen LogP contribution in [0.1, 0.15) is 18.1 Å². The SMILES string of the molecule is COc1ccc(CCNC(=O)CN(Cc2ccc(F)cc2)C(C)=O)cc1OC. The van der Waals surface area contributed by atoms with Gasteiger partial charge in [0.2, 0.25) is 11.8 Å². The quantitative estimate of drug-likeness (QED) is 0.717. The molecule has 0 saturated heterocycles. The molecular weight excluding hydrogens is 363 g/mol. The number of hydrogen-bond acceptors (Lipinski definition) is 4. The molecule has 2 rings (SSSR count). The van der Waals surface area contributed by atoms with Gasteiger partial charge in [0.1, 0.15) is 5.82 Å². The maximum Gasteiger partial charge on any atom is 0.239 e. The van der Waals surface area contributed by atoms with Gasteiger partial charge < -0.3 is 19.7 Å². The molecule has 2 aromatic carbocycles. The van der Waals surface area contributed by atoms with Crippen LogP contribution in [0.5, 0.6) is 11.5 Å². The van der Waals surface area contributed by atoms with Crippen LogP contribution in [-0.4, -0.2) is 44.0 Å². The highest BCUT2D eigenvalue weighted by Gasteiger charge is 2.14. The van der Waals surface area contributed by atoms with Gasteiger partial charge >= 0.3 is 0 Å². The zero-order valence-corrected chi connectivity index (χ0v) is 16.3. The molecular formula is C21H25FN2O4. The Hall–Kier alpha value is -3.09. The Morgan fingerprint density at radius 2 is 1.64 bits per heavy atom. The van der Waals surface area contributed by atoms with E-state index in [1.807, 2.05) is 18.2 Å². The van der Waals surface area contributed by atoms with Crippen LogP contribution in [0.25, 0.3) is 0 Å². The Balaban J connectivity index is 1.86. The fourth-order valence-corrected chi connectivity index (χ4v) is 2.70. The van der Waals surface area contributed by atoms with Crippen molar-refractivity contribution in [3.8, 4) is 11.5 Å². The maximum absolute atomic E-state index is 13.0. The van der Waals surface area contributed by atoms with E-state index in [0.29, 0.717) is 24.5 Å². The van der Waals surface area contributed by atoms with Crippen LogP contribution < -0.4 is 14.8 Å². The summed E-state index contributed by atoms with van der Waals surface area (Å²) in [5, 5.41) is 2.81. The molecule has 0 unspecified atom stereocenters. The van der Waals surface area contributed by atoms with E-state index in [1.54, 1.807) is 26.4 Å². The molecule has 0 aliphatic carbocycles. The number of amides is 2. The van der Waals surface area contributed by atoms with Crippen molar-refractivity contribution in [1.29, 1.82) is 0 Å². The highest BCUT2D eigenvalue weighted by Crippen LogP contribution is 2.27. The van der Waals surface area contributed by atoms with Gasteiger partial charge in [-0.2, -0.15) is 0 Å². The van der Waals surface area contributed by atoms with E-state index in [-0.39, 0.29) is 30.7 Å². The molecule has 2 amide bonds. The van der Waals surface area contributed by atoms with Gasteiger partial charge in [0.05, 0.1) is 20.8 Å². The Labute approximate surface area is 164 Å². The molecule has 1 N–H and O–H groups in total. The minimum atomic E-state index is -0.342. The summed E-state index contributed by atoms with van der Waals surface area (Å²) in [5.74, 6) is 0.463. The van der Waals surface area contributed by atoms with Crippen molar-refractivity contribution in [2.24, 2.45) is 0 Å². The number of benzene rings is 2. The standard InChI is InChI=1S/C21H25FN2O4/c1-15(25)24(13-17-4-7-18(22)8-5-17)14-21(26)23-11-10-16-6-9-19(27-2)20(12-16)28-3/h4-9,12H,10-11,13-14H2,1-3H3,(H,23,26). The lowest BCUT2D eigenvalue weighted by Gasteiger charge is -2.20. The molecule has 0 aliphatic heterocycles. The van der Waals surface area contributed by atoms with Crippen LogP contribution in [0.2, 0.25) is 0 Å². The number of halogens is 1. The second-order valence-corrected chi connectivity index (χ2v) is 6.29. The molecule has 0 spiro atoms. The van der Waals surface area contributed by atoms with Gasteiger partial charge in [0.15, 0.2) is 11.5 Å². The smallest absolute Gasteiger partial charge is 0.239 e. The Morgan fingerprint density at radius 3 is 2.25 bits per heavy atom. The van der Waals surface area contributed by atoms with E-state index in [1.165, 1.54) is 24.0 Å². The number of ether oxygens (including phenoxy) is 2. The Kier molecular flexibility index (Phi) is 7.80. The first-order valence-corrected chi connectivity index (χ1v) is 8.90. The maximum atomic E-state index is 13.0. The van der Waals surface area contributed by atoms with Crippen molar-refractivity contribution in [3.05, 3.63) is 59.4 Å². The van der Waals surface area contributed by atoms with Crippen LogP contribution in [0, 0.1) is 5.82 Å². The van der Waals surface area contributed by atoms with E-state index in [9.17, 15) is 14.0 Å². The van der Waals surface area contributed by atoms with Crippen molar-refractivity contribution in [1.82, 2.24) is 10.2 Å². The molecule has 0 saturated carbocycles. The molecule has 0 radical (unpaired) electrons. The van der Waals surface area contributed by atoms with Crippen molar-refractivity contribution in [2.75, 3.05) is 27.3 Å². The van der Waals surface area contributed by atoms with Gasteiger partial charge in [0, 0.05) is 20.0 Å². The van der Waals surface area contributed by atoms with Crippen LogP contribution >= 0.6 is 0 Å². The van der Waals surface area contributed by atoms with Gasteiger partial charge in [-0.1, -0.05) is 18.2 Å². The number of nitrogens with one attached hydrogen (secondary N) is 1. The molecule has 0 aromatic heterocycles. The third-order valence-electron chi connectivity index (χ3n) is 4.25. The number of rotatable bonds is 9. The molecule has 2 aromatic rings. The average Bonchev–Trinajstić information content (AvgIpc) is 2.68. The Bertz CT molecular complexity index is 809. The summed E-state index contributed by atoms with van der Waals surface area (Å²) in [6.45, 7) is 2.02. The third-order valence-corrected chi connectivity index (χ3v) is 4.25. The molecule has 7 heteroatoms. The number of methoxy groups -OCH3 is 2. The fourth-order valence-electron chi connectivity index (χ4n) is 2.70. The number of hydrogen-bond donors (Lipinski definition) is 1. The zero-order valence-electron chi connectivity index (χ0n) is 16.3. The molecule has 6 nitrogen and oxygen atoms in total. The van der Waals surface area contributed by atoms with E-state index in [2.05, 4.69) is 5.32 Å². The van der Waals surface area contributed by atoms with E-state index in [4.69, 9.17) is 9.47 Å². The van der Waals surface area contributed by atoms with E-state index < -0.39 is 0 Å². The molecule has 0 fully saturated rings. The van der Waals surface area contributed by atoms with E-state index >= 15 is 0 Å². The first kappa shape index (κ1) is 21.2. The van der Waals surface area contributed by atoms with Crippen molar-refractivity contribution in [3.63, 3.8) is 0 Å². The number of carbonyl (C=O) groups excluding carboxylic acids is 2. The summed E-state index contributed by atoms with van der Waals surface area (Å²) < 4.78 is 23.5. The number of nitrogens with zero attached hydrogens (tertiary/aromatic N) is 1. The second-order valence-electron chi connectivity index (χ2n) is 6.29. The predicted octanol–water partition coefficient (Wildman–Crippen LogP) is 2.55. The molecule has 150 valence electrons. The fraction of sp³-hybridized carbons (Fsp3) is 0.333. The van der Waals surface area contributed by atoms with Gasteiger partial charge in [-0.3, -0.25) is 9.59 Å². The lowest BCUT2D eigenvalue weighted by molar-refractivity contribution is -0.134. The number of carbonyl (C=O) groups is 2. The lowest BCUT2D eigenvalue weighted by Crippen LogP contribution is -2.39. The average molecular weight is 388 g/mol. The zero-order chi connectivity index (χ0) is 20.5. The summed E-state index contributed by atoms with van der Waals surface area (Å²) in [4.78, 5) is 25.4. The minimum Gasteiger partial charge on any atom is -0.493 e. The summed E-state index contributed by atoms with van der Waals surface area (Å²) in [6, 6.07) is 11.4. The predicted molar refractivity (Wildman–Crippen MR) is 104 cm³/mol. The molecule has 0 atom stereocenters. The molecule has 0 aliphatic rings. The van der Waals surface area contributed by atoms with Crippen LogP contribution in [0.3, 0.4) is 0 Å². The van der Waals surface area contributed by atoms with Crippen molar-refractivity contribution >= 4 is 11.8 Å². The van der Waals surface area contributed by atoms with Gasteiger partial charge in [-0.25, -0.2) is 4.39 Å². The monoisotopic (exact) mass is 388 g/mol. The van der Waals surface area contributed by atoms with E-state index in [0.717, 1.165) is 11.1 Å². The first-order valence-electron chi connectivity index (χ1n) is 8.90. The second kappa shape index (κ2) is 10.3. The highest BCUT2D eigenvalue weighted by atomic mass is 19.1. The summed E-state index contributed by atoms with van der Waals surface area (Å²) >= 11 is 0. The molecule has 0 heterocycles. The summed E-state index contributed by atoms with van der Waals surface area (Å²) in [7, 11) is 3.14. The van der Waals surface area contributed by atoms with Crippen molar-refractivity contribution in [2.45, 2.75) is 19.9 Å². The van der Waals surface area contributed by atoms with Crippen LogP contribution in [0.4, 0.5) is 4.39 Å². The minimum absolute atomic E-state index is 0.0569. The third kappa shape index (κ3) is 6.26. The normalized spacial score (nSPS) is 10.3. The van der Waals surface area contributed by atoms with Gasteiger partial charge in [0.25, 0.3) is 0 Å². The van der Waals surface area contributed by atoms with Gasteiger partial charge in [-0.15, -0.1) is 0 Å². The lowest BCUT2D eigenvalue weighted by atomic mass is 10.1. The summed E-state index contributed by atoms with van der Waals surface area (Å²) in [6.07, 6.45) is 0.615. The highest BCUT2D eigenvalue weighted by molar-refractivity contribution is 5.83. The largest absolute Gasteiger partial charge is 0.493 e.